The van der Waals surface area contributed by atoms with Crippen molar-refractivity contribution in [3.63, 3.8) is 0 Å². The lowest BCUT2D eigenvalue weighted by Gasteiger charge is -2.11. The normalized spacial score (nSPS) is 9.85. The second-order valence-corrected chi connectivity index (χ2v) is 5.20. The number of ether oxygens (including phenoxy) is 2. The Morgan fingerprint density at radius 1 is 0.926 bits per heavy atom. The average Bonchev–Trinajstić information content (AvgIpc) is 2.69. The van der Waals surface area contributed by atoms with E-state index in [-0.39, 0.29) is 17.9 Å². The summed E-state index contributed by atoms with van der Waals surface area (Å²) in [5.74, 6) is -2.16. The summed E-state index contributed by atoms with van der Waals surface area (Å²) in [5, 5.41) is 2.40. The fourth-order valence-corrected chi connectivity index (χ4v) is 2.01. The number of amides is 3. The van der Waals surface area contributed by atoms with Gasteiger partial charge in [0.1, 0.15) is 5.75 Å². The lowest BCUT2D eigenvalue weighted by atomic mass is 10.2. The number of benzene rings is 2. The molecule has 0 aliphatic carbocycles. The quantitative estimate of drug-likeness (QED) is 0.621. The van der Waals surface area contributed by atoms with Gasteiger partial charge in [0, 0.05) is 0 Å². The minimum atomic E-state index is -0.692. The highest BCUT2D eigenvalue weighted by molar-refractivity contribution is 5.98. The lowest BCUT2D eigenvalue weighted by Crippen LogP contribution is -2.47. The van der Waals surface area contributed by atoms with Crippen LogP contribution in [0.25, 0.3) is 0 Å². The standard InChI is InChI=1S/C18H18FN3O5/c1-26-14-8-4-2-6-12(14)18(25)20-10-16(23)21-22-17(24)11-27-15-9-5-3-7-13(15)19/h2-9H,10-11H2,1H3,(H,20,25)(H,21,23)(H,22,24). The van der Waals surface area contributed by atoms with E-state index in [1.807, 2.05) is 0 Å². The Morgan fingerprint density at radius 3 is 2.26 bits per heavy atom. The number of carbonyl (C=O) groups is 3. The molecule has 0 aliphatic heterocycles. The second kappa shape index (κ2) is 9.76. The Hall–Kier alpha value is -3.62. The fraction of sp³-hybridized carbons (Fsp3) is 0.167. The summed E-state index contributed by atoms with van der Waals surface area (Å²) in [6.45, 7) is -0.861. The predicted octanol–water partition coefficient (Wildman–Crippen LogP) is 0.791. The molecule has 0 bridgehead atoms. The first-order valence-electron chi connectivity index (χ1n) is 7.87. The van der Waals surface area contributed by atoms with Crippen LogP contribution in [-0.2, 0) is 9.59 Å². The number of methoxy groups -OCH3 is 1. The number of hydrazine groups is 1. The van der Waals surface area contributed by atoms with Crippen LogP contribution < -0.4 is 25.6 Å². The third-order valence-electron chi connectivity index (χ3n) is 3.30. The Bertz CT molecular complexity index is 828. The first kappa shape index (κ1) is 19.7. The van der Waals surface area contributed by atoms with E-state index in [9.17, 15) is 18.8 Å². The summed E-state index contributed by atoms with van der Waals surface area (Å²) < 4.78 is 23.4. The van der Waals surface area contributed by atoms with Crippen LogP contribution in [0.1, 0.15) is 10.4 Å². The van der Waals surface area contributed by atoms with E-state index in [2.05, 4.69) is 16.2 Å². The number of nitrogens with one attached hydrogen (secondary N) is 3. The fourth-order valence-electron chi connectivity index (χ4n) is 2.01. The van der Waals surface area contributed by atoms with E-state index < -0.39 is 30.1 Å². The molecule has 3 N–H and O–H groups in total. The Morgan fingerprint density at radius 2 is 1.56 bits per heavy atom. The van der Waals surface area contributed by atoms with Crippen LogP contribution in [0.5, 0.6) is 11.5 Å². The second-order valence-electron chi connectivity index (χ2n) is 5.20. The largest absolute Gasteiger partial charge is 0.496 e. The van der Waals surface area contributed by atoms with E-state index in [1.54, 1.807) is 30.3 Å². The zero-order valence-corrected chi connectivity index (χ0v) is 14.5. The SMILES string of the molecule is COc1ccccc1C(=O)NCC(=O)NNC(=O)COc1ccccc1F. The minimum Gasteiger partial charge on any atom is -0.496 e. The first-order chi connectivity index (χ1) is 13.0. The molecule has 0 fully saturated rings. The topological polar surface area (TPSA) is 106 Å². The van der Waals surface area contributed by atoms with Crippen LogP contribution in [0.15, 0.2) is 48.5 Å². The maximum Gasteiger partial charge on any atom is 0.276 e. The van der Waals surface area contributed by atoms with Gasteiger partial charge in [0.25, 0.3) is 17.7 Å². The average molecular weight is 375 g/mol. The Kier molecular flexibility index (Phi) is 7.12. The summed E-state index contributed by atoms with van der Waals surface area (Å²) in [5.41, 5.74) is 4.48. The van der Waals surface area contributed by atoms with Crippen LogP contribution in [0.2, 0.25) is 0 Å². The highest BCUT2D eigenvalue weighted by Gasteiger charge is 2.13. The molecule has 142 valence electrons. The summed E-state index contributed by atoms with van der Waals surface area (Å²) in [4.78, 5) is 35.3. The summed E-state index contributed by atoms with van der Waals surface area (Å²) in [6, 6.07) is 12.1. The van der Waals surface area contributed by atoms with Crippen molar-refractivity contribution in [3.8, 4) is 11.5 Å². The highest BCUT2D eigenvalue weighted by atomic mass is 19.1. The molecule has 3 amide bonds. The van der Waals surface area contributed by atoms with Crippen molar-refractivity contribution in [2.45, 2.75) is 0 Å². The van der Waals surface area contributed by atoms with Gasteiger partial charge >= 0.3 is 0 Å². The van der Waals surface area contributed by atoms with Gasteiger partial charge in [-0.05, 0) is 24.3 Å². The number of hydrogen-bond acceptors (Lipinski definition) is 5. The van der Waals surface area contributed by atoms with E-state index in [1.165, 1.54) is 25.3 Å². The van der Waals surface area contributed by atoms with Crippen LogP contribution in [0.4, 0.5) is 4.39 Å². The number of rotatable bonds is 7. The van der Waals surface area contributed by atoms with E-state index in [0.717, 1.165) is 0 Å². The molecule has 0 radical (unpaired) electrons. The van der Waals surface area contributed by atoms with Gasteiger partial charge in [0.2, 0.25) is 0 Å². The summed E-state index contributed by atoms with van der Waals surface area (Å²) in [7, 11) is 1.43. The molecule has 2 rings (SSSR count). The molecule has 9 heteroatoms. The van der Waals surface area contributed by atoms with Crippen molar-refractivity contribution in [3.05, 3.63) is 59.9 Å². The predicted molar refractivity (Wildman–Crippen MR) is 93.5 cm³/mol. The molecule has 0 aromatic heterocycles. The van der Waals surface area contributed by atoms with Crippen LogP contribution in [0.3, 0.4) is 0 Å². The molecule has 0 unspecified atom stereocenters. The van der Waals surface area contributed by atoms with Crippen molar-refractivity contribution in [1.82, 2.24) is 16.2 Å². The van der Waals surface area contributed by atoms with Gasteiger partial charge in [-0.25, -0.2) is 4.39 Å². The Labute approximate surface area is 154 Å². The first-order valence-corrected chi connectivity index (χ1v) is 7.87. The smallest absolute Gasteiger partial charge is 0.276 e. The van der Waals surface area contributed by atoms with Crippen molar-refractivity contribution >= 4 is 17.7 Å². The molecule has 0 aliphatic rings. The lowest BCUT2D eigenvalue weighted by molar-refractivity contribution is -0.129. The molecule has 0 heterocycles. The minimum absolute atomic E-state index is 0.0805. The molecular formula is C18H18FN3O5. The van der Waals surface area contributed by atoms with Gasteiger partial charge in [-0.2, -0.15) is 0 Å². The summed E-state index contributed by atoms with van der Waals surface area (Å²) >= 11 is 0. The highest BCUT2D eigenvalue weighted by Crippen LogP contribution is 2.16. The van der Waals surface area contributed by atoms with Gasteiger partial charge in [-0.3, -0.25) is 25.2 Å². The molecule has 2 aromatic carbocycles. The van der Waals surface area contributed by atoms with Crippen LogP contribution >= 0.6 is 0 Å². The van der Waals surface area contributed by atoms with E-state index >= 15 is 0 Å². The Balaban J connectivity index is 1.72. The zero-order chi connectivity index (χ0) is 19.6. The van der Waals surface area contributed by atoms with Gasteiger partial charge in [-0.15, -0.1) is 0 Å². The van der Waals surface area contributed by atoms with Crippen molar-refractivity contribution in [2.75, 3.05) is 20.3 Å². The van der Waals surface area contributed by atoms with E-state index in [4.69, 9.17) is 9.47 Å². The molecule has 0 saturated carbocycles. The molecule has 27 heavy (non-hydrogen) atoms. The maximum atomic E-state index is 13.3. The molecular weight excluding hydrogens is 357 g/mol. The number of para-hydroxylation sites is 2. The van der Waals surface area contributed by atoms with Gasteiger partial charge in [0.15, 0.2) is 18.2 Å². The summed E-state index contributed by atoms with van der Waals surface area (Å²) in [6.07, 6.45) is 0. The monoisotopic (exact) mass is 375 g/mol. The number of halogens is 1. The molecule has 2 aromatic rings. The number of hydrogen-bond donors (Lipinski definition) is 3. The zero-order valence-electron chi connectivity index (χ0n) is 14.5. The molecule has 0 saturated heterocycles. The third-order valence-corrected chi connectivity index (χ3v) is 3.30. The van der Waals surface area contributed by atoms with Crippen molar-refractivity contribution in [1.29, 1.82) is 0 Å². The molecule has 8 nitrogen and oxygen atoms in total. The maximum absolute atomic E-state index is 13.3. The number of carbonyl (C=O) groups excluding carboxylic acids is 3. The van der Waals surface area contributed by atoms with Gasteiger partial charge in [0.05, 0.1) is 19.2 Å². The third kappa shape index (κ3) is 5.99. The molecule has 0 spiro atoms. The van der Waals surface area contributed by atoms with E-state index in [0.29, 0.717) is 5.75 Å². The van der Waals surface area contributed by atoms with Crippen LogP contribution in [-0.4, -0.2) is 38.0 Å². The van der Waals surface area contributed by atoms with Crippen LogP contribution in [0, 0.1) is 5.82 Å². The van der Waals surface area contributed by atoms with Gasteiger partial charge in [-0.1, -0.05) is 24.3 Å². The van der Waals surface area contributed by atoms with Crippen molar-refractivity contribution in [2.24, 2.45) is 0 Å². The van der Waals surface area contributed by atoms with Crippen molar-refractivity contribution < 1.29 is 28.2 Å². The molecule has 0 atom stereocenters. The van der Waals surface area contributed by atoms with Gasteiger partial charge < -0.3 is 14.8 Å².